The summed E-state index contributed by atoms with van der Waals surface area (Å²) in [5.41, 5.74) is 1.37. The predicted octanol–water partition coefficient (Wildman–Crippen LogP) is 2.39. The lowest BCUT2D eigenvalue weighted by Gasteiger charge is -2.14. The molecule has 2 aromatic heterocycles. The quantitative estimate of drug-likeness (QED) is 0.417. The van der Waals surface area contributed by atoms with Crippen molar-refractivity contribution in [3.63, 3.8) is 0 Å². The number of carbonyl (C=O) groups is 1. The highest BCUT2D eigenvalue weighted by molar-refractivity contribution is 5.92. The maximum Gasteiger partial charge on any atom is 0.332 e. The molecule has 0 atom stereocenters. The Morgan fingerprint density at radius 3 is 2.23 bits per heavy atom. The van der Waals surface area contributed by atoms with Crippen LogP contribution in [-0.4, -0.2) is 39.0 Å². The molecule has 2 aromatic carbocycles. The maximum atomic E-state index is 13.5. The molecule has 1 N–H and O–H groups in total. The molecule has 0 aliphatic rings. The zero-order valence-corrected chi connectivity index (χ0v) is 20.1. The van der Waals surface area contributed by atoms with Crippen molar-refractivity contribution in [2.75, 3.05) is 19.5 Å². The van der Waals surface area contributed by atoms with Gasteiger partial charge in [-0.1, -0.05) is 30.3 Å². The third kappa shape index (κ3) is 4.68. The maximum absolute atomic E-state index is 13.5. The molecule has 0 aliphatic heterocycles. The van der Waals surface area contributed by atoms with Gasteiger partial charge in [-0.2, -0.15) is 5.10 Å². The number of hydrogen-bond acceptors (Lipinski definition) is 6. The van der Waals surface area contributed by atoms with Gasteiger partial charge in [0, 0.05) is 30.4 Å². The fourth-order valence-electron chi connectivity index (χ4n) is 4.07. The first kappa shape index (κ1) is 23.8. The van der Waals surface area contributed by atoms with Gasteiger partial charge in [0.1, 0.15) is 23.6 Å². The number of aryl methyl sites for hydroxylation is 2. The lowest BCUT2D eigenvalue weighted by atomic mass is 10.2. The van der Waals surface area contributed by atoms with Crippen LogP contribution in [0.25, 0.3) is 11.0 Å². The minimum absolute atomic E-state index is 0.0804. The second kappa shape index (κ2) is 9.88. The molecule has 2 heterocycles. The van der Waals surface area contributed by atoms with Crippen molar-refractivity contribution in [1.82, 2.24) is 18.9 Å². The summed E-state index contributed by atoms with van der Waals surface area (Å²) in [6, 6.07) is 14.2. The predicted molar refractivity (Wildman–Crippen MR) is 132 cm³/mol. The molecule has 0 unspecified atom stereocenters. The standard InChI is InChI=1S/C25H27N5O5/c1-5-30-23-22(16(2)27-30)28(25(33)29(24(23)32)14-17-9-7-6-8-10-17)15-21(31)26-18-11-19(34-3)13-20(12-18)35-4/h6-13H,5,14-15H2,1-4H3,(H,26,31). The van der Waals surface area contributed by atoms with Gasteiger partial charge in [0.2, 0.25) is 5.91 Å². The average Bonchev–Trinajstić information content (AvgIpc) is 3.20. The Labute approximate surface area is 201 Å². The number of rotatable bonds is 8. The molecule has 0 aliphatic carbocycles. The van der Waals surface area contributed by atoms with Crippen molar-refractivity contribution in [2.24, 2.45) is 0 Å². The van der Waals surface area contributed by atoms with Crippen LogP contribution < -0.4 is 26.0 Å². The Bertz CT molecular complexity index is 1480. The highest BCUT2D eigenvalue weighted by Gasteiger charge is 2.22. The van der Waals surface area contributed by atoms with E-state index >= 15 is 0 Å². The summed E-state index contributed by atoms with van der Waals surface area (Å²) in [7, 11) is 3.03. The van der Waals surface area contributed by atoms with Crippen LogP contribution in [0.5, 0.6) is 11.5 Å². The number of fused-ring (bicyclic) bond motifs is 1. The Morgan fingerprint density at radius 2 is 1.63 bits per heavy atom. The van der Waals surface area contributed by atoms with E-state index in [0.717, 1.165) is 10.1 Å². The van der Waals surface area contributed by atoms with E-state index in [0.29, 0.717) is 34.9 Å². The molecular weight excluding hydrogens is 450 g/mol. The zero-order chi connectivity index (χ0) is 25.1. The second-order valence-electron chi connectivity index (χ2n) is 7.99. The SMILES string of the molecule is CCn1nc(C)c2c1c(=O)n(Cc1ccccc1)c(=O)n2CC(=O)Nc1cc(OC)cc(OC)c1. The number of anilines is 1. The first-order valence-electron chi connectivity index (χ1n) is 11.1. The number of aromatic nitrogens is 4. The highest BCUT2D eigenvalue weighted by Crippen LogP contribution is 2.25. The summed E-state index contributed by atoms with van der Waals surface area (Å²) < 4.78 is 14.5. The topological polar surface area (TPSA) is 109 Å². The monoisotopic (exact) mass is 477 g/mol. The molecule has 4 aromatic rings. The molecule has 182 valence electrons. The van der Waals surface area contributed by atoms with Crippen LogP contribution in [0.15, 0.2) is 58.1 Å². The number of ether oxygens (including phenoxy) is 2. The summed E-state index contributed by atoms with van der Waals surface area (Å²) in [6.07, 6.45) is 0. The molecule has 0 saturated carbocycles. The molecule has 4 rings (SSSR count). The van der Waals surface area contributed by atoms with Gasteiger partial charge in [-0.15, -0.1) is 0 Å². The third-order valence-corrected chi connectivity index (χ3v) is 5.70. The van der Waals surface area contributed by atoms with Crippen LogP contribution in [-0.2, 0) is 24.4 Å². The van der Waals surface area contributed by atoms with Crippen molar-refractivity contribution in [3.8, 4) is 11.5 Å². The van der Waals surface area contributed by atoms with E-state index in [1.807, 2.05) is 37.3 Å². The number of nitrogens with one attached hydrogen (secondary N) is 1. The van der Waals surface area contributed by atoms with Crippen molar-refractivity contribution < 1.29 is 14.3 Å². The van der Waals surface area contributed by atoms with E-state index in [2.05, 4.69) is 10.4 Å². The Morgan fingerprint density at radius 1 is 0.971 bits per heavy atom. The van der Waals surface area contributed by atoms with Crippen LogP contribution in [0.1, 0.15) is 18.2 Å². The number of hydrogen-bond donors (Lipinski definition) is 1. The molecule has 0 radical (unpaired) electrons. The van der Waals surface area contributed by atoms with E-state index in [1.54, 1.807) is 29.8 Å². The van der Waals surface area contributed by atoms with E-state index in [4.69, 9.17) is 9.47 Å². The smallest absolute Gasteiger partial charge is 0.332 e. The van der Waals surface area contributed by atoms with E-state index < -0.39 is 17.2 Å². The van der Waals surface area contributed by atoms with Crippen LogP contribution in [0.3, 0.4) is 0 Å². The van der Waals surface area contributed by atoms with Crippen LogP contribution in [0.2, 0.25) is 0 Å². The molecule has 10 nitrogen and oxygen atoms in total. The lowest BCUT2D eigenvalue weighted by Crippen LogP contribution is -2.42. The number of amides is 1. The van der Waals surface area contributed by atoms with Gasteiger partial charge in [0.25, 0.3) is 5.56 Å². The number of carbonyl (C=O) groups excluding carboxylic acids is 1. The fraction of sp³-hybridized carbons (Fsp3) is 0.280. The van der Waals surface area contributed by atoms with Gasteiger partial charge in [-0.3, -0.25) is 23.4 Å². The summed E-state index contributed by atoms with van der Waals surface area (Å²) >= 11 is 0. The Balaban J connectivity index is 1.79. The summed E-state index contributed by atoms with van der Waals surface area (Å²) in [5.74, 6) is 0.573. The van der Waals surface area contributed by atoms with Crippen molar-refractivity contribution >= 4 is 22.6 Å². The first-order valence-corrected chi connectivity index (χ1v) is 11.1. The minimum atomic E-state index is -0.580. The van der Waals surface area contributed by atoms with Gasteiger partial charge in [0.15, 0.2) is 5.52 Å². The molecule has 0 spiro atoms. The normalized spacial score (nSPS) is 11.0. The third-order valence-electron chi connectivity index (χ3n) is 5.70. The fourth-order valence-corrected chi connectivity index (χ4v) is 4.07. The minimum Gasteiger partial charge on any atom is -0.497 e. The lowest BCUT2D eigenvalue weighted by molar-refractivity contribution is -0.116. The van der Waals surface area contributed by atoms with Gasteiger partial charge in [0.05, 0.1) is 26.5 Å². The van der Waals surface area contributed by atoms with Crippen LogP contribution in [0.4, 0.5) is 5.69 Å². The van der Waals surface area contributed by atoms with E-state index in [-0.39, 0.29) is 18.6 Å². The molecule has 10 heteroatoms. The van der Waals surface area contributed by atoms with Crippen molar-refractivity contribution in [3.05, 3.63) is 80.6 Å². The van der Waals surface area contributed by atoms with Gasteiger partial charge in [-0.25, -0.2) is 4.79 Å². The Hall–Kier alpha value is -4.34. The van der Waals surface area contributed by atoms with E-state index in [1.165, 1.54) is 18.8 Å². The van der Waals surface area contributed by atoms with Gasteiger partial charge < -0.3 is 14.8 Å². The molecule has 0 bridgehead atoms. The highest BCUT2D eigenvalue weighted by atomic mass is 16.5. The first-order chi connectivity index (χ1) is 16.9. The van der Waals surface area contributed by atoms with Gasteiger partial charge >= 0.3 is 5.69 Å². The summed E-state index contributed by atoms with van der Waals surface area (Å²) in [4.78, 5) is 39.9. The van der Waals surface area contributed by atoms with Crippen LogP contribution >= 0.6 is 0 Å². The van der Waals surface area contributed by atoms with Gasteiger partial charge in [-0.05, 0) is 19.4 Å². The van der Waals surface area contributed by atoms with Crippen molar-refractivity contribution in [1.29, 1.82) is 0 Å². The average molecular weight is 478 g/mol. The molecule has 1 amide bonds. The van der Waals surface area contributed by atoms with Crippen LogP contribution in [0, 0.1) is 6.92 Å². The molecule has 35 heavy (non-hydrogen) atoms. The molecule has 0 saturated heterocycles. The second-order valence-corrected chi connectivity index (χ2v) is 7.99. The summed E-state index contributed by atoms with van der Waals surface area (Å²) in [5, 5.41) is 7.22. The molecule has 0 fully saturated rings. The number of benzene rings is 2. The molecular formula is C25H27N5O5. The number of nitrogens with zero attached hydrogens (tertiary/aromatic N) is 4. The van der Waals surface area contributed by atoms with E-state index in [9.17, 15) is 14.4 Å². The number of methoxy groups -OCH3 is 2. The van der Waals surface area contributed by atoms with Crippen molar-refractivity contribution in [2.45, 2.75) is 33.5 Å². The Kier molecular flexibility index (Phi) is 6.72. The zero-order valence-electron chi connectivity index (χ0n) is 20.1. The largest absolute Gasteiger partial charge is 0.497 e. The summed E-state index contributed by atoms with van der Waals surface area (Å²) in [6.45, 7) is 3.80.